The lowest BCUT2D eigenvalue weighted by molar-refractivity contribution is 0.241. The molecule has 0 aromatic rings. The van der Waals surface area contributed by atoms with Crippen LogP contribution in [0.4, 0.5) is 0 Å². The van der Waals surface area contributed by atoms with E-state index < -0.39 is 9.84 Å². The van der Waals surface area contributed by atoms with Crippen LogP contribution in [0.15, 0.2) is 0 Å². The predicted molar refractivity (Wildman–Crippen MR) is 55.0 cm³/mol. The molecule has 1 atom stereocenters. The molecule has 1 heterocycles. The summed E-state index contributed by atoms with van der Waals surface area (Å²) in [5.74, 6) is 1.34. The summed E-state index contributed by atoms with van der Waals surface area (Å²) in [6, 6.07) is 0.262. The third-order valence-corrected chi connectivity index (χ3v) is 4.67. The van der Waals surface area contributed by atoms with Gasteiger partial charge in [0.25, 0.3) is 0 Å². The standard InChI is InChI=1S/C8H15NO2S.ClH/c10-12(11)5-4-9-8(6-12)7-2-1-3-7;/h7-9H,1-6H2;1H. The van der Waals surface area contributed by atoms with E-state index in [1.165, 1.54) is 19.3 Å². The maximum absolute atomic E-state index is 11.3. The predicted octanol–water partition coefficient (Wildman–Crippen LogP) is 0.595. The second kappa shape index (κ2) is 4.15. The van der Waals surface area contributed by atoms with E-state index in [0.717, 1.165) is 0 Å². The fourth-order valence-electron chi connectivity index (χ4n) is 1.96. The van der Waals surface area contributed by atoms with Gasteiger partial charge in [0.2, 0.25) is 0 Å². The minimum absolute atomic E-state index is 0. The molecule has 1 aliphatic heterocycles. The lowest BCUT2D eigenvalue weighted by Crippen LogP contribution is -2.50. The molecule has 0 spiro atoms. The molecule has 5 heteroatoms. The molecule has 0 aromatic carbocycles. The van der Waals surface area contributed by atoms with Crippen molar-refractivity contribution < 1.29 is 8.42 Å². The number of hydrogen-bond acceptors (Lipinski definition) is 3. The molecule has 0 radical (unpaired) electrons. The molecule has 1 saturated heterocycles. The summed E-state index contributed by atoms with van der Waals surface area (Å²) in [5, 5.41) is 3.30. The van der Waals surface area contributed by atoms with Crippen molar-refractivity contribution in [2.75, 3.05) is 18.1 Å². The van der Waals surface area contributed by atoms with Crippen LogP contribution in [0.3, 0.4) is 0 Å². The van der Waals surface area contributed by atoms with Crippen LogP contribution in [0.25, 0.3) is 0 Å². The summed E-state index contributed by atoms with van der Waals surface area (Å²) in [5.41, 5.74) is 0. The molecular weight excluding hydrogens is 210 g/mol. The Hall–Kier alpha value is 0.200. The molecule has 2 aliphatic rings. The van der Waals surface area contributed by atoms with Gasteiger partial charge in [-0.15, -0.1) is 12.4 Å². The first-order valence-corrected chi connectivity index (χ1v) is 6.43. The van der Waals surface area contributed by atoms with Crippen molar-refractivity contribution in [3.8, 4) is 0 Å². The molecule has 1 saturated carbocycles. The number of halogens is 1. The highest BCUT2D eigenvalue weighted by atomic mass is 35.5. The summed E-state index contributed by atoms with van der Waals surface area (Å²) in [7, 11) is -2.72. The van der Waals surface area contributed by atoms with Crippen LogP contribution in [-0.4, -0.2) is 32.5 Å². The first-order valence-electron chi connectivity index (χ1n) is 4.61. The fraction of sp³-hybridized carbons (Fsp3) is 1.00. The van der Waals surface area contributed by atoms with Gasteiger partial charge in [-0.05, 0) is 18.8 Å². The van der Waals surface area contributed by atoms with Gasteiger partial charge in [0, 0.05) is 12.6 Å². The Labute approximate surface area is 85.6 Å². The van der Waals surface area contributed by atoms with Crippen LogP contribution in [0.5, 0.6) is 0 Å². The SMILES string of the molecule is Cl.O=S1(=O)CCNC(C2CCC2)C1. The molecule has 2 rings (SSSR count). The van der Waals surface area contributed by atoms with E-state index in [0.29, 0.717) is 24.0 Å². The van der Waals surface area contributed by atoms with Crippen LogP contribution in [-0.2, 0) is 9.84 Å². The average molecular weight is 226 g/mol. The van der Waals surface area contributed by atoms with Gasteiger partial charge in [-0.2, -0.15) is 0 Å². The quantitative estimate of drug-likeness (QED) is 0.711. The smallest absolute Gasteiger partial charge is 0.153 e. The molecular formula is C8H16ClNO2S. The van der Waals surface area contributed by atoms with E-state index in [4.69, 9.17) is 0 Å². The first-order chi connectivity index (χ1) is 5.67. The normalized spacial score (nSPS) is 33.1. The summed E-state index contributed by atoms with van der Waals surface area (Å²) >= 11 is 0. The van der Waals surface area contributed by atoms with Gasteiger partial charge in [-0.3, -0.25) is 0 Å². The van der Waals surface area contributed by atoms with Crippen LogP contribution >= 0.6 is 12.4 Å². The third-order valence-electron chi connectivity index (χ3n) is 2.97. The number of rotatable bonds is 1. The van der Waals surface area contributed by atoms with Gasteiger partial charge in [0.05, 0.1) is 11.5 Å². The molecule has 13 heavy (non-hydrogen) atoms. The van der Waals surface area contributed by atoms with Crippen molar-refractivity contribution >= 4 is 22.2 Å². The maximum atomic E-state index is 11.3. The molecule has 1 unspecified atom stereocenters. The van der Waals surface area contributed by atoms with E-state index in [1.54, 1.807) is 0 Å². The zero-order valence-corrected chi connectivity index (χ0v) is 9.16. The van der Waals surface area contributed by atoms with Crippen LogP contribution in [0, 0.1) is 5.92 Å². The topological polar surface area (TPSA) is 46.2 Å². The molecule has 0 amide bonds. The summed E-state index contributed by atoms with van der Waals surface area (Å²) in [6.45, 7) is 0.656. The highest BCUT2D eigenvalue weighted by Gasteiger charge is 2.33. The Kier molecular flexibility index (Phi) is 3.60. The Morgan fingerprint density at radius 2 is 1.92 bits per heavy atom. The van der Waals surface area contributed by atoms with E-state index in [1.807, 2.05) is 0 Å². The minimum Gasteiger partial charge on any atom is -0.312 e. The second-order valence-electron chi connectivity index (χ2n) is 3.87. The Morgan fingerprint density at radius 1 is 1.23 bits per heavy atom. The van der Waals surface area contributed by atoms with Crippen molar-refractivity contribution in [2.45, 2.75) is 25.3 Å². The maximum Gasteiger partial charge on any atom is 0.153 e. The monoisotopic (exact) mass is 225 g/mol. The minimum atomic E-state index is -2.72. The Bertz CT molecular complexity index is 261. The second-order valence-corrected chi connectivity index (χ2v) is 6.09. The van der Waals surface area contributed by atoms with Gasteiger partial charge in [-0.1, -0.05) is 6.42 Å². The highest BCUT2D eigenvalue weighted by Crippen LogP contribution is 2.30. The van der Waals surface area contributed by atoms with E-state index in [9.17, 15) is 8.42 Å². The summed E-state index contributed by atoms with van der Waals surface area (Å²) < 4.78 is 22.5. The summed E-state index contributed by atoms with van der Waals surface area (Å²) in [4.78, 5) is 0. The van der Waals surface area contributed by atoms with Crippen molar-refractivity contribution in [3.05, 3.63) is 0 Å². The van der Waals surface area contributed by atoms with Crippen molar-refractivity contribution in [2.24, 2.45) is 5.92 Å². The first kappa shape index (κ1) is 11.3. The Balaban J connectivity index is 0.000000845. The molecule has 2 fully saturated rings. The van der Waals surface area contributed by atoms with E-state index in [2.05, 4.69) is 5.32 Å². The van der Waals surface area contributed by atoms with Crippen LogP contribution in [0.2, 0.25) is 0 Å². The largest absolute Gasteiger partial charge is 0.312 e. The van der Waals surface area contributed by atoms with Gasteiger partial charge < -0.3 is 5.32 Å². The molecule has 0 bridgehead atoms. The molecule has 0 aromatic heterocycles. The van der Waals surface area contributed by atoms with E-state index in [-0.39, 0.29) is 18.4 Å². The van der Waals surface area contributed by atoms with Crippen LogP contribution < -0.4 is 5.32 Å². The lowest BCUT2D eigenvalue weighted by atomic mass is 9.80. The fourth-order valence-corrected chi connectivity index (χ4v) is 3.49. The van der Waals surface area contributed by atoms with Gasteiger partial charge in [0.15, 0.2) is 9.84 Å². The Morgan fingerprint density at radius 3 is 2.38 bits per heavy atom. The molecule has 78 valence electrons. The van der Waals surface area contributed by atoms with E-state index >= 15 is 0 Å². The lowest BCUT2D eigenvalue weighted by Gasteiger charge is -2.36. The van der Waals surface area contributed by atoms with Gasteiger partial charge >= 0.3 is 0 Å². The number of sulfone groups is 1. The summed E-state index contributed by atoms with van der Waals surface area (Å²) in [6.07, 6.45) is 3.71. The van der Waals surface area contributed by atoms with Crippen molar-refractivity contribution in [3.63, 3.8) is 0 Å². The van der Waals surface area contributed by atoms with Crippen molar-refractivity contribution in [1.82, 2.24) is 5.32 Å². The third kappa shape index (κ3) is 2.58. The van der Waals surface area contributed by atoms with Crippen LogP contribution in [0.1, 0.15) is 19.3 Å². The molecule has 1 aliphatic carbocycles. The zero-order valence-electron chi connectivity index (χ0n) is 7.53. The average Bonchev–Trinajstić information content (AvgIpc) is 1.80. The zero-order chi connectivity index (χ0) is 8.60. The van der Waals surface area contributed by atoms with Gasteiger partial charge in [0.1, 0.15) is 0 Å². The van der Waals surface area contributed by atoms with Gasteiger partial charge in [-0.25, -0.2) is 8.42 Å². The number of nitrogens with one attached hydrogen (secondary N) is 1. The highest BCUT2D eigenvalue weighted by molar-refractivity contribution is 7.91. The molecule has 3 nitrogen and oxygen atoms in total. The van der Waals surface area contributed by atoms with Crippen molar-refractivity contribution in [1.29, 1.82) is 0 Å². The number of hydrogen-bond donors (Lipinski definition) is 1. The molecule has 1 N–H and O–H groups in total.